The SMILES string of the molecule is CC[C@H](C)[C@H](N)C(=O)Nc1cccc(-n2ccnc2)c1. The first-order valence-corrected chi connectivity index (χ1v) is 6.76. The van der Waals surface area contributed by atoms with Crippen LogP contribution in [0.1, 0.15) is 20.3 Å². The Morgan fingerprint density at radius 3 is 2.95 bits per heavy atom. The van der Waals surface area contributed by atoms with E-state index in [1.165, 1.54) is 0 Å². The molecule has 106 valence electrons. The van der Waals surface area contributed by atoms with E-state index in [2.05, 4.69) is 10.3 Å². The summed E-state index contributed by atoms with van der Waals surface area (Å²) in [5.74, 6) is 0.00830. The van der Waals surface area contributed by atoms with E-state index >= 15 is 0 Å². The topological polar surface area (TPSA) is 72.9 Å². The van der Waals surface area contributed by atoms with Crippen LogP contribution in [0.4, 0.5) is 5.69 Å². The molecule has 3 N–H and O–H groups in total. The molecule has 2 aromatic rings. The lowest BCUT2D eigenvalue weighted by Gasteiger charge is -2.18. The second-order valence-corrected chi connectivity index (χ2v) is 4.92. The molecule has 20 heavy (non-hydrogen) atoms. The van der Waals surface area contributed by atoms with Gasteiger partial charge in [-0.05, 0) is 24.1 Å². The van der Waals surface area contributed by atoms with Crippen LogP contribution in [0.2, 0.25) is 0 Å². The molecule has 1 aromatic heterocycles. The first-order chi connectivity index (χ1) is 9.61. The lowest BCUT2D eigenvalue weighted by atomic mass is 9.99. The molecule has 0 spiro atoms. The number of anilines is 1. The number of amides is 1. The summed E-state index contributed by atoms with van der Waals surface area (Å²) in [5, 5.41) is 2.86. The van der Waals surface area contributed by atoms with Gasteiger partial charge in [-0.2, -0.15) is 0 Å². The van der Waals surface area contributed by atoms with Crippen molar-refractivity contribution in [3.05, 3.63) is 43.0 Å². The highest BCUT2D eigenvalue weighted by molar-refractivity contribution is 5.95. The number of carbonyl (C=O) groups is 1. The summed E-state index contributed by atoms with van der Waals surface area (Å²) in [7, 11) is 0. The van der Waals surface area contributed by atoms with E-state index in [0.717, 1.165) is 17.8 Å². The predicted octanol–water partition coefficient (Wildman–Crippen LogP) is 2.18. The van der Waals surface area contributed by atoms with Crippen LogP contribution in [0.3, 0.4) is 0 Å². The summed E-state index contributed by atoms with van der Waals surface area (Å²) in [6.07, 6.45) is 6.16. The number of carbonyl (C=O) groups excluding carboxylic acids is 1. The van der Waals surface area contributed by atoms with Crippen molar-refractivity contribution in [1.29, 1.82) is 0 Å². The Balaban J connectivity index is 2.10. The second kappa shape index (κ2) is 6.34. The van der Waals surface area contributed by atoms with Crippen LogP contribution in [0.15, 0.2) is 43.0 Å². The molecule has 0 aliphatic rings. The minimum Gasteiger partial charge on any atom is -0.325 e. The van der Waals surface area contributed by atoms with Crippen LogP contribution in [-0.4, -0.2) is 21.5 Å². The van der Waals surface area contributed by atoms with E-state index in [1.807, 2.05) is 48.9 Å². The first kappa shape index (κ1) is 14.3. The maximum absolute atomic E-state index is 12.1. The maximum Gasteiger partial charge on any atom is 0.241 e. The molecule has 0 aliphatic carbocycles. The van der Waals surface area contributed by atoms with E-state index in [-0.39, 0.29) is 11.8 Å². The minimum atomic E-state index is -0.489. The quantitative estimate of drug-likeness (QED) is 0.876. The molecule has 0 saturated carbocycles. The molecule has 0 fully saturated rings. The molecule has 0 saturated heterocycles. The molecule has 2 rings (SSSR count). The Hall–Kier alpha value is -2.14. The van der Waals surface area contributed by atoms with Crippen molar-refractivity contribution >= 4 is 11.6 Å². The van der Waals surface area contributed by atoms with Crippen molar-refractivity contribution in [2.75, 3.05) is 5.32 Å². The van der Waals surface area contributed by atoms with Gasteiger partial charge in [0.15, 0.2) is 0 Å². The minimum absolute atomic E-state index is 0.151. The van der Waals surface area contributed by atoms with Gasteiger partial charge in [0.25, 0.3) is 0 Å². The van der Waals surface area contributed by atoms with Crippen molar-refractivity contribution in [1.82, 2.24) is 9.55 Å². The Bertz CT molecular complexity index is 565. The molecule has 2 atom stereocenters. The zero-order valence-corrected chi connectivity index (χ0v) is 11.8. The van der Waals surface area contributed by atoms with Gasteiger partial charge >= 0.3 is 0 Å². The molecular formula is C15H20N4O. The van der Waals surface area contributed by atoms with Gasteiger partial charge < -0.3 is 15.6 Å². The summed E-state index contributed by atoms with van der Waals surface area (Å²) >= 11 is 0. The molecule has 1 heterocycles. The van der Waals surface area contributed by atoms with Crippen molar-refractivity contribution in [3.63, 3.8) is 0 Å². The van der Waals surface area contributed by atoms with Gasteiger partial charge in [-0.15, -0.1) is 0 Å². The van der Waals surface area contributed by atoms with Gasteiger partial charge in [0.05, 0.1) is 12.4 Å². The number of hydrogen-bond acceptors (Lipinski definition) is 3. The molecule has 5 nitrogen and oxygen atoms in total. The van der Waals surface area contributed by atoms with Gasteiger partial charge in [0.1, 0.15) is 0 Å². The summed E-state index contributed by atoms with van der Waals surface area (Å²) in [5.41, 5.74) is 7.60. The Labute approximate surface area is 118 Å². The fourth-order valence-electron chi connectivity index (χ4n) is 1.89. The van der Waals surface area contributed by atoms with E-state index in [9.17, 15) is 4.79 Å². The summed E-state index contributed by atoms with van der Waals surface area (Å²) in [4.78, 5) is 16.1. The Morgan fingerprint density at radius 1 is 1.50 bits per heavy atom. The standard InChI is InChI=1S/C15H20N4O/c1-3-11(2)14(16)15(20)18-12-5-4-6-13(9-12)19-8-7-17-10-19/h4-11,14H,3,16H2,1-2H3,(H,18,20)/t11-,14-/m0/s1. The zero-order valence-electron chi connectivity index (χ0n) is 11.8. The highest BCUT2D eigenvalue weighted by Crippen LogP contribution is 2.15. The number of imidazole rings is 1. The summed E-state index contributed by atoms with van der Waals surface area (Å²) < 4.78 is 1.88. The highest BCUT2D eigenvalue weighted by Gasteiger charge is 2.19. The van der Waals surface area contributed by atoms with E-state index < -0.39 is 6.04 Å². The normalized spacial score (nSPS) is 13.8. The highest BCUT2D eigenvalue weighted by atomic mass is 16.2. The smallest absolute Gasteiger partial charge is 0.241 e. The summed E-state index contributed by atoms with van der Waals surface area (Å²) in [6.45, 7) is 4.00. The third-order valence-corrected chi connectivity index (χ3v) is 3.48. The monoisotopic (exact) mass is 272 g/mol. The molecule has 1 amide bonds. The van der Waals surface area contributed by atoms with Gasteiger partial charge in [0, 0.05) is 23.8 Å². The van der Waals surface area contributed by atoms with E-state index in [1.54, 1.807) is 12.5 Å². The van der Waals surface area contributed by atoms with E-state index in [4.69, 9.17) is 5.73 Å². The lowest BCUT2D eigenvalue weighted by Crippen LogP contribution is -2.40. The van der Waals surface area contributed by atoms with Gasteiger partial charge in [-0.3, -0.25) is 4.79 Å². The van der Waals surface area contributed by atoms with Crippen LogP contribution in [0.25, 0.3) is 5.69 Å². The van der Waals surface area contributed by atoms with Gasteiger partial charge in [0.2, 0.25) is 5.91 Å². The van der Waals surface area contributed by atoms with Crippen molar-refractivity contribution in [3.8, 4) is 5.69 Å². The number of nitrogens with two attached hydrogens (primary N) is 1. The number of nitrogens with zero attached hydrogens (tertiary/aromatic N) is 2. The fourth-order valence-corrected chi connectivity index (χ4v) is 1.89. The molecule has 0 radical (unpaired) electrons. The van der Waals surface area contributed by atoms with Crippen molar-refractivity contribution in [2.24, 2.45) is 11.7 Å². The number of hydrogen-bond donors (Lipinski definition) is 2. The van der Waals surface area contributed by atoms with Gasteiger partial charge in [-0.1, -0.05) is 26.3 Å². The average Bonchev–Trinajstić information content (AvgIpc) is 3.00. The van der Waals surface area contributed by atoms with Crippen LogP contribution in [0, 0.1) is 5.92 Å². The van der Waals surface area contributed by atoms with Gasteiger partial charge in [-0.25, -0.2) is 4.98 Å². The Morgan fingerprint density at radius 2 is 2.30 bits per heavy atom. The van der Waals surface area contributed by atoms with Crippen LogP contribution in [-0.2, 0) is 4.79 Å². The van der Waals surface area contributed by atoms with Crippen LogP contribution < -0.4 is 11.1 Å². The Kier molecular flexibility index (Phi) is 4.53. The predicted molar refractivity (Wildman–Crippen MR) is 79.6 cm³/mol. The first-order valence-electron chi connectivity index (χ1n) is 6.76. The van der Waals surface area contributed by atoms with Crippen LogP contribution in [0.5, 0.6) is 0 Å². The molecule has 0 bridgehead atoms. The fraction of sp³-hybridized carbons (Fsp3) is 0.333. The maximum atomic E-state index is 12.1. The molecule has 0 aliphatic heterocycles. The third-order valence-electron chi connectivity index (χ3n) is 3.48. The third kappa shape index (κ3) is 3.24. The average molecular weight is 272 g/mol. The zero-order chi connectivity index (χ0) is 14.5. The van der Waals surface area contributed by atoms with Crippen LogP contribution >= 0.6 is 0 Å². The molecule has 0 unspecified atom stereocenters. The summed E-state index contributed by atoms with van der Waals surface area (Å²) in [6, 6.07) is 7.09. The molecule has 1 aromatic carbocycles. The second-order valence-electron chi connectivity index (χ2n) is 4.92. The van der Waals surface area contributed by atoms with E-state index in [0.29, 0.717) is 0 Å². The number of rotatable bonds is 5. The molecule has 5 heteroatoms. The van der Waals surface area contributed by atoms with Crippen molar-refractivity contribution < 1.29 is 4.79 Å². The lowest BCUT2D eigenvalue weighted by molar-refractivity contribution is -0.118. The van der Waals surface area contributed by atoms with Crippen molar-refractivity contribution in [2.45, 2.75) is 26.3 Å². The number of aromatic nitrogens is 2. The number of benzene rings is 1. The largest absolute Gasteiger partial charge is 0.325 e. The number of nitrogens with one attached hydrogen (secondary N) is 1. The molecular weight excluding hydrogens is 252 g/mol.